The second kappa shape index (κ2) is 5.82. The summed E-state index contributed by atoms with van der Waals surface area (Å²) in [5.41, 5.74) is 6.89. The van der Waals surface area contributed by atoms with Crippen molar-refractivity contribution in [2.45, 2.75) is 33.6 Å². The van der Waals surface area contributed by atoms with Crippen LogP contribution >= 0.6 is 11.3 Å². The molecular formula is C12H18N2O2S. The summed E-state index contributed by atoms with van der Waals surface area (Å²) >= 11 is 1.29. The average molecular weight is 254 g/mol. The number of nitrogens with one attached hydrogen (secondary N) is 1. The summed E-state index contributed by atoms with van der Waals surface area (Å²) in [7, 11) is 0. The Labute approximate surface area is 105 Å². The van der Waals surface area contributed by atoms with Crippen LogP contribution in [0.1, 0.15) is 42.4 Å². The van der Waals surface area contributed by atoms with Gasteiger partial charge in [-0.05, 0) is 12.0 Å². The highest BCUT2D eigenvalue weighted by atomic mass is 32.1. The van der Waals surface area contributed by atoms with Crippen LogP contribution in [0.4, 0.5) is 5.69 Å². The molecule has 1 heterocycles. The second-order valence-electron chi connectivity index (χ2n) is 4.22. The summed E-state index contributed by atoms with van der Waals surface area (Å²) in [5.74, 6) is -0.555. The highest BCUT2D eigenvalue weighted by Crippen LogP contribution is 2.28. The summed E-state index contributed by atoms with van der Waals surface area (Å²) < 4.78 is 0. The van der Waals surface area contributed by atoms with Crippen molar-refractivity contribution in [3.8, 4) is 0 Å². The minimum atomic E-state index is -0.427. The number of carbonyl (C=O) groups is 2. The summed E-state index contributed by atoms with van der Waals surface area (Å²) in [6.07, 6.45) is 1.65. The van der Waals surface area contributed by atoms with Crippen LogP contribution < -0.4 is 11.1 Å². The van der Waals surface area contributed by atoms with Gasteiger partial charge in [-0.3, -0.25) is 9.59 Å². The molecule has 0 fully saturated rings. The van der Waals surface area contributed by atoms with Crippen molar-refractivity contribution in [1.82, 2.24) is 0 Å². The number of anilines is 1. The van der Waals surface area contributed by atoms with Gasteiger partial charge in [0.25, 0.3) is 5.91 Å². The SMILES string of the molecule is CCCc1c(NC(=O)C(C)C)csc1C(N)=O. The van der Waals surface area contributed by atoms with Crippen LogP contribution in [0.3, 0.4) is 0 Å². The predicted molar refractivity (Wildman–Crippen MR) is 70.3 cm³/mol. The molecule has 0 bridgehead atoms. The van der Waals surface area contributed by atoms with Crippen LogP contribution in [0.2, 0.25) is 0 Å². The molecule has 1 aromatic rings. The predicted octanol–water partition coefficient (Wildman–Crippen LogP) is 2.39. The Hall–Kier alpha value is -1.36. The molecule has 5 heteroatoms. The molecule has 2 amide bonds. The molecule has 0 unspecified atom stereocenters. The van der Waals surface area contributed by atoms with Crippen molar-refractivity contribution in [3.05, 3.63) is 15.8 Å². The Bertz CT molecular complexity index is 424. The maximum atomic E-state index is 11.6. The van der Waals surface area contributed by atoms with Gasteiger partial charge < -0.3 is 11.1 Å². The van der Waals surface area contributed by atoms with Crippen molar-refractivity contribution in [2.24, 2.45) is 11.7 Å². The van der Waals surface area contributed by atoms with Gasteiger partial charge in [-0.1, -0.05) is 27.2 Å². The van der Waals surface area contributed by atoms with E-state index in [0.29, 0.717) is 4.88 Å². The number of hydrogen-bond donors (Lipinski definition) is 2. The molecule has 1 aromatic heterocycles. The Morgan fingerprint density at radius 1 is 1.47 bits per heavy atom. The average Bonchev–Trinajstić information content (AvgIpc) is 2.62. The van der Waals surface area contributed by atoms with Gasteiger partial charge in [-0.2, -0.15) is 0 Å². The van der Waals surface area contributed by atoms with Crippen LogP contribution in [0.5, 0.6) is 0 Å². The van der Waals surface area contributed by atoms with Crippen molar-refractivity contribution in [1.29, 1.82) is 0 Å². The molecule has 17 heavy (non-hydrogen) atoms. The van der Waals surface area contributed by atoms with E-state index < -0.39 is 5.91 Å². The van der Waals surface area contributed by atoms with E-state index >= 15 is 0 Å². The van der Waals surface area contributed by atoms with Crippen LogP contribution in [0.25, 0.3) is 0 Å². The number of primary amides is 1. The molecule has 0 radical (unpaired) electrons. The molecule has 0 spiro atoms. The highest BCUT2D eigenvalue weighted by Gasteiger charge is 2.17. The van der Waals surface area contributed by atoms with Crippen LogP contribution in [-0.2, 0) is 11.2 Å². The quantitative estimate of drug-likeness (QED) is 0.846. The molecule has 0 saturated carbocycles. The smallest absolute Gasteiger partial charge is 0.259 e. The zero-order chi connectivity index (χ0) is 13.0. The van der Waals surface area contributed by atoms with Crippen LogP contribution in [0, 0.1) is 5.92 Å². The van der Waals surface area contributed by atoms with Crippen LogP contribution in [0.15, 0.2) is 5.38 Å². The minimum Gasteiger partial charge on any atom is -0.365 e. The zero-order valence-corrected chi connectivity index (χ0v) is 11.2. The van der Waals surface area contributed by atoms with E-state index in [4.69, 9.17) is 5.73 Å². The van der Waals surface area contributed by atoms with E-state index in [9.17, 15) is 9.59 Å². The van der Waals surface area contributed by atoms with E-state index in [1.165, 1.54) is 11.3 Å². The van der Waals surface area contributed by atoms with Crippen molar-refractivity contribution >= 4 is 28.8 Å². The third-order valence-electron chi connectivity index (χ3n) is 2.40. The molecule has 0 atom stereocenters. The number of thiophene rings is 1. The number of rotatable bonds is 5. The molecule has 0 aromatic carbocycles. The van der Waals surface area contributed by atoms with Crippen LogP contribution in [-0.4, -0.2) is 11.8 Å². The fourth-order valence-electron chi connectivity index (χ4n) is 1.47. The minimum absolute atomic E-state index is 0.0452. The first-order valence-corrected chi connectivity index (χ1v) is 6.56. The first-order chi connectivity index (χ1) is 7.97. The lowest BCUT2D eigenvalue weighted by atomic mass is 10.1. The highest BCUT2D eigenvalue weighted by molar-refractivity contribution is 7.12. The van der Waals surface area contributed by atoms with Gasteiger partial charge >= 0.3 is 0 Å². The van der Waals surface area contributed by atoms with Crippen molar-refractivity contribution in [2.75, 3.05) is 5.32 Å². The van der Waals surface area contributed by atoms with Crippen molar-refractivity contribution in [3.63, 3.8) is 0 Å². The number of hydrogen-bond acceptors (Lipinski definition) is 3. The van der Waals surface area contributed by atoms with Gasteiger partial charge in [-0.15, -0.1) is 11.3 Å². The number of carbonyl (C=O) groups excluding carboxylic acids is 2. The molecule has 4 nitrogen and oxygen atoms in total. The normalized spacial score (nSPS) is 10.6. The summed E-state index contributed by atoms with van der Waals surface area (Å²) in [6.45, 7) is 5.68. The topological polar surface area (TPSA) is 72.2 Å². The molecular weight excluding hydrogens is 236 g/mol. The maximum absolute atomic E-state index is 11.6. The third-order valence-corrected chi connectivity index (χ3v) is 3.44. The number of nitrogens with two attached hydrogens (primary N) is 1. The monoisotopic (exact) mass is 254 g/mol. The Morgan fingerprint density at radius 3 is 2.59 bits per heavy atom. The fourth-order valence-corrected chi connectivity index (χ4v) is 2.38. The van der Waals surface area contributed by atoms with E-state index in [0.717, 1.165) is 24.1 Å². The summed E-state index contributed by atoms with van der Waals surface area (Å²) in [6, 6.07) is 0. The van der Waals surface area contributed by atoms with Gasteiger partial charge in [0, 0.05) is 11.3 Å². The third kappa shape index (κ3) is 3.30. The first kappa shape index (κ1) is 13.7. The Morgan fingerprint density at radius 2 is 2.12 bits per heavy atom. The molecule has 0 aliphatic carbocycles. The lowest BCUT2D eigenvalue weighted by Crippen LogP contribution is -2.19. The second-order valence-corrected chi connectivity index (χ2v) is 5.09. The Balaban J connectivity index is 2.99. The largest absolute Gasteiger partial charge is 0.365 e. The summed E-state index contributed by atoms with van der Waals surface area (Å²) in [5, 5.41) is 4.62. The van der Waals surface area contributed by atoms with Gasteiger partial charge in [0.2, 0.25) is 5.91 Å². The molecule has 0 aliphatic heterocycles. The standard InChI is InChI=1S/C12H18N2O2S/c1-4-5-8-9(14-12(16)7(2)3)6-17-10(8)11(13)15/h6-7H,4-5H2,1-3H3,(H2,13,15)(H,14,16). The molecule has 94 valence electrons. The first-order valence-electron chi connectivity index (χ1n) is 5.68. The van der Waals surface area contributed by atoms with E-state index in [-0.39, 0.29) is 11.8 Å². The maximum Gasteiger partial charge on any atom is 0.259 e. The molecule has 3 N–H and O–H groups in total. The Kier molecular flexibility index (Phi) is 4.69. The van der Waals surface area contributed by atoms with Gasteiger partial charge in [0.05, 0.1) is 10.6 Å². The fraction of sp³-hybridized carbons (Fsp3) is 0.500. The lowest BCUT2D eigenvalue weighted by Gasteiger charge is -2.09. The van der Waals surface area contributed by atoms with Crippen molar-refractivity contribution < 1.29 is 9.59 Å². The van der Waals surface area contributed by atoms with Gasteiger partial charge in [0.1, 0.15) is 0 Å². The van der Waals surface area contributed by atoms with E-state index in [1.54, 1.807) is 5.38 Å². The van der Waals surface area contributed by atoms with Gasteiger partial charge in [-0.25, -0.2) is 0 Å². The lowest BCUT2D eigenvalue weighted by molar-refractivity contribution is -0.118. The van der Waals surface area contributed by atoms with Gasteiger partial charge in [0.15, 0.2) is 0 Å². The van der Waals surface area contributed by atoms with E-state index in [2.05, 4.69) is 5.32 Å². The molecule has 0 aliphatic rings. The molecule has 1 rings (SSSR count). The summed E-state index contributed by atoms with van der Waals surface area (Å²) in [4.78, 5) is 23.4. The number of amides is 2. The van der Waals surface area contributed by atoms with E-state index in [1.807, 2.05) is 20.8 Å². The molecule has 0 saturated heterocycles. The zero-order valence-electron chi connectivity index (χ0n) is 10.4.